The Morgan fingerprint density at radius 1 is 1.29 bits per heavy atom. The molecule has 0 spiro atoms. The zero-order chi connectivity index (χ0) is 16.5. The number of aromatic amines is 1. The van der Waals surface area contributed by atoms with Gasteiger partial charge in [0, 0.05) is 61.6 Å². The van der Waals surface area contributed by atoms with Crippen molar-refractivity contribution in [3.05, 3.63) is 52.4 Å². The van der Waals surface area contributed by atoms with Crippen LogP contribution >= 0.6 is 11.6 Å². The van der Waals surface area contributed by atoms with Crippen molar-refractivity contribution in [3.8, 4) is 0 Å². The zero-order valence-corrected chi connectivity index (χ0v) is 14.4. The molecule has 0 fully saturated rings. The van der Waals surface area contributed by atoms with Gasteiger partial charge in [0.15, 0.2) is 0 Å². The first-order chi connectivity index (χ1) is 11.7. The molecule has 0 unspecified atom stereocenters. The highest BCUT2D eigenvalue weighted by Gasteiger charge is 2.21. The molecule has 3 aromatic rings. The molecule has 3 heterocycles. The van der Waals surface area contributed by atoms with Crippen LogP contribution in [0.4, 0.5) is 5.95 Å². The molecule has 0 radical (unpaired) electrons. The molecule has 2 N–H and O–H groups in total. The number of hydrogen-bond acceptors (Lipinski definition) is 4. The van der Waals surface area contributed by atoms with Crippen LogP contribution in [0.2, 0.25) is 5.02 Å². The fourth-order valence-electron chi connectivity index (χ4n) is 3.34. The Morgan fingerprint density at radius 2 is 2.12 bits per heavy atom. The van der Waals surface area contributed by atoms with E-state index in [2.05, 4.69) is 31.2 Å². The SMILES string of the molecule is CCNc1ncc(CN2CCc3[nH]c4c(Cl)cccc4c3C2)cn1. The number of rotatable bonds is 4. The number of halogens is 1. The average molecular weight is 342 g/mol. The van der Waals surface area contributed by atoms with Crippen LogP contribution in [0.5, 0.6) is 0 Å². The van der Waals surface area contributed by atoms with Crippen molar-refractivity contribution in [3.63, 3.8) is 0 Å². The normalized spacial score (nSPS) is 14.8. The van der Waals surface area contributed by atoms with Crippen molar-refractivity contribution < 1.29 is 0 Å². The average Bonchev–Trinajstić information content (AvgIpc) is 2.97. The number of nitrogens with one attached hydrogen (secondary N) is 2. The van der Waals surface area contributed by atoms with Crippen molar-refractivity contribution in [2.24, 2.45) is 0 Å². The molecule has 0 saturated carbocycles. The van der Waals surface area contributed by atoms with Gasteiger partial charge in [-0.15, -0.1) is 0 Å². The van der Waals surface area contributed by atoms with Crippen molar-refractivity contribution in [1.29, 1.82) is 0 Å². The first-order valence-corrected chi connectivity index (χ1v) is 8.67. The molecule has 1 aromatic carbocycles. The Morgan fingerprint density at radius 3 is 2.92 bits per heavy atom. The summed E-state index contributed by atoms with van der Waals surface area (Å²) in [4.78, 5) is 14.6. The van der Waals surface area contributed by atoms with Gasteiger partial charge in [0.2, 0.25) is 5.95 Å². The Hall–Kier alpha value is -2.11. The number of hydrogen-bond donors (Lipinski definition) is 2. The molecule has 4 rings (SSSR count). The number of para-hydroxylation sites is 1. The van der Waals surface area contributed by atoms with E-state index < -0.39 is 0 Å². The van der Waals surface area contributed by atoms with Gasteiger partial charge in [-0.1, -0.05) is 23.7 Å². The molecule has 0 amide bonds. The van der Waals surface area contributed by atoms with Gasteiger partial charge < -0.3 is 10.3 Å². The van der Waals surface area contributed by atoms with E-state index in [9.17, 15) is 0 Å². The lowest BCUT2D eigenvalue weighted by atomic mass is 10.0. The van der Waals surface area contributed by atoms with E-state index in [1.807, 2.05) is 31.5 Å². The molecule has 6 heteroatoms. The molecule has 0 bridgehead atoms. The summed E-state index contributed by atoms with van der Waals surface area (Å²) in [5.41, 5.74) is 4.87. The van der Waals surface area contributed by atoms with Gasteiger partial charge in [-0.05, 0) is 18.6 Å². The third-order valence-electron chi connectivity index (χ3n) is 4.49. The summed E-state index contributed by atoms with van der Waals surface area (Å²) in [6.45, 7) is 5.67. The summed E-state index contributed by atoms with van der Waals surface area (Å²) >= 11 is 6.32. The number of anilines is 1. The first-order valence-electron chi connectivity index (χ1n) is 8.29. The second kappa shape index (κ2) is 6.42. The first kappa shape index (κ1) is 15.4. The van der Waals surface area contributed by atoms with E-state index in [1.165, 1.54) is 16.6 Å². The lowest BCUT2D eigenvalue weighted by molar-refractivity contribution is 0.245. The van der Waals surface area contributed by atoms with Crippen LogP contribution in [0.25, 0.3) is 10.9 Å². The lowest BCUT2D eigenvalue weighted by Gasteiger charge is -2.26. The summed E-state index contributed by atoms with van der Waals surface area (Å²) in [7, 11) is 0. The highest BCUT2D eigenvalue weighted by molar-refractivity contribution is 6.35. The van der Waals surface area contributed by atoms with Crippen molar-refractivity contribution in [1.82, 2.24) is 19.9 Å². The van der Waals surface area contributed by atoms with E-state index in [4.69, 9.17) is 11.6 Å². The maximum atomic E-state index is 6.32. The maximum Gasteiger partial charge on any atom is 0.222 e. The van der Waals surface area contributed by atoms with Gasteiger partial charge in [0.1, 0.15) is 0 Å². The zero-order valence-electron chi connectivity index (χ0n) is 13.6. The van der Waals surface area contributed by atoms with Crippen LogP contribution < -0.4 is 5.32 Å². The predicted molar refractivity (Wildman–Crippen MR) is 97.3 cm³/mol. The summed E-state index contributed by atoms with van der Waals surface area (Å²) < 4.78 is 0. The van der Waals surface area contributed by atoms with Gasteiger partial charge in [-0.25, -0.2) is 9.97 Å². The van der Waals surface area contributed by atoms with Gasteiger partial charge in [-0.3, -0.25) is 4.90 Å². The number of nitrogens with zero attached hydrogens (tertiary/aromatic N) is 3. The van der Waals surface area contributed by atoms with Crippen LogP contribution in [-0.4, -0.2) is 32.9 Å². The maximum absolute atomic E-state index is 6.32. The Balaban J connectivity index is 1.53. The molecule has 5 nitrogen and oxygen atoms in total. The largest absolute Gasteiger partial charge is 0.357 e. The number of aromatic nitrogens is 3. The smallest absolute Gasteiger partial charge is 0.222 e. The topological polar surface area (TPSA) is 56.8 Å². The standard InChI is InChI=1S/C18H20ClN5/c1-2-20-18-21-8-12(9-22-18)10-24-7-6-16-14(11-24)13-4-3-5-15(19)17(13)23-16/h3-5,8-9,23H,2,6-7,10-11H2,1H3,(H,20,21,22). The molecule has 0 aliphatic carbocycles. The minimum Gasteiger partial charge on any atom is -0.357 e. The van der Waals surface area contributed by atoms with Crippen LogP contribution in [-0.2, 0) is 19.5 Å². The van der Waals surface area contributed by atoms with Gasteiger partial charge in [0.25, 0.3) is 0 Å². The Labute approximate surface area is 146 Å². The third-order valence-corrected chi connectivity index (χ3v) is 4.80. The van der Waals surface area contributed by atoms with Crippen LogP contribution in [0.1, 0.15) is 23.7 Å². The molecule has 124 valence electrons. The van der Waals surface area contributed by atoms with E-state index in [0.717, 1.165) is 48.7 Å². The number of benzene rings is 1. The van der Waals surface area contributed by atoms with Crippen molar-refractivity contribution >= 4 is 28.5 Å². The van der Waals surface area contributed by atoms with E-state index in [-0.39, 0.29) is 0 Å². The quantitative estimate of drug-likeness (QED) is 0.761. The summed E-state index contributed by atoms with van der Waals surface area (Å²) in [6.07, 6.45) is 4.83. The molecule has 1 aliphatic rings. The third kappa shape index (κ3) is 2.85. The van der Waals surface area contributed by atoms with Crippen molar-refractivity contribution in [2.75, 3.05) is 18.4 Å². The fourth-order valence-corrected chi connectivity index (χ4v) is 3.56. The highest BCUT2D eigenvalue weighted by atomic mass is 35.5. The minimum absolute atomic E-state index is 0.688. The molecule has 0 atom stereocenters. The van der Waals surface area contributed by atoms with Gasteiger partial charge >= 0.3 is 0 Å². The van der Waals surface area contributed by atoms with Crippen LogP contribution in [0.3, 0.4) is 0 Å². The summed E-state index contributed by atoms with van der Waals surface area (Å²) in [5, 5.41) is 5.15. The number of fused-ring (bicyclic) bond motifs is 3. The van der Waals surface area contributed by atoms with Crippen LogP contribution in [0.15, 0.2) is 30.6 Å². The number of H-pyrrole nitrogens is 1. The van der Waals surface area contributed by atoms with E-state index >= 15 is 0 Å². The highest BCUT2D eigenvalue weighted by Crippen LogP contribution is 2.31. The molecule has 0 saturated heterocycles. The minimum atomic E-state index is 0.688. The molecule has 2 aromatic heterocycles. The fraction of sp³-hybridized carbons (Fsp3) is 0.333. The summed E-state index contributed by atoms with van der Waals surface area (Å²) in [5.74, 6) is 0.688. The van der Waals surface area contributed by atoms with Crippen LogP contribution in [0, 0.1) is 0 Å². The Bertz CT molecular complexity index is 856. The molecule has 1 aliphatic heterocycles. The lowest BCUT2D eigenvalue weighted by Crippen LogP contribution is -2.29. The molecular formula is C18H20ClN5. The van der Waals surface area contributed by atoms with Gasteiger partial charge in [0.05, 0.1) is 10.5 Å². The van der Waals surface area contributed by atoms with Crippen molar-refractivity contribution in [2.45, 2.75) is 26.4 Å². The van der Waals surface area contributed by atoms with E-state index in [1.54, 1.807) is 0 Å². The predicted octanol–water partition coefficient (Wildman–Crippen LogP) is 3.60. The second-order valence-corrected chi connectivity index (χ2v) is 6.56. The monoisotopic (exact) mass is 341 g/mol. The van der Waals surface area contributed by atoms with Gasteiger partial charge in [-0.2, -0.15) is 0 Å². The second-order valence-electron chi connectivity index (χ2n) is 6.15. The summed E-state index contributed by atoms with van der Waals surface area (Å²) in [6, 6.07) is 6.10. The van der Waals surface area contributed by atoms with E-state index in [0.29, 0.717) is 5.95 Å². The molecular weight excluding hydrogens is 322 g/mol. The molecule has 24 heavy (non-hydrogen) atoms. The Kier molecular flexibility index (Phi) is 4.12.